The Hall–Kier alpha value is -3.39. The molecule has 0 atom stereocenters. The standard InChI is InChI=1S/C23H15Cl2N3O/c24-21-11-8-17(13-22(21)25)15-27-28-23(29)20(14-26)12-16-6-9-19(10-7-16)18-4-2-1-3-5-18/h1-13,15H,(H,28,29)/b20-12+,27-15-. The van der Waals surface area contributed by atoms with E-state index in [9.17, 15) is 10.1 Å². The first-order valence-corrected chi connectivity index (χ1v) is 9.38. The topological polar surface area (TPSA) is 65.2 Å². The molecule has 3 aromatic rings. The highest BCUT2D eigenvalue weighted by atomic mass is 35.5. The largest absolute Gasteiger partial charge is 0.282 e. The molecule has 0 aliphatic rings. The van der Waals surface area contributed by atoms with Crippen LogP contribution < -0.4 is 5.43 Å². The lowest BCUT2D eigenvalue weighted by atomic mass is 10.0. The third kappa shape index (κ3) is 5.55. The number of halogens is 2. The average molecular weight is 420 g/mol. The molecule has 29 heavy (non-hydrogen) atoms. The highest BCUT2D eigenvalue weighted by Crippen LogP contribution is 2.22. The maximum absolute atomic E-state index is 12.2. The Morgan fingerprint density at radius 2 is 1.55 bits per heavy atom. The van der Waals surface area contributed by atoms with E-state index in [1.165, 1.54) is 12.3 Å². The number of hydrogen-bond acceptors (Lipinski definition) is 3. The summed E-state index contributed by atoms with van der Waals surface area (Å²) in [6.07, 6.45) is 2.93. The Balaban J connectivity index is 1.68. The summed E-state index contributed by atoms with van der Waals surface area (Å²) >= 11 is 11.8. The predicted octanol–water partition coefficient (Wildman–Crippen LogP) is 5.72. The quantitative estimate of drug-likeness (QED) is 0.248. The maximum Gasteiger partial charge on any atom is 0.282 e. The minimum Gasteiger partial charge on any atom is -0.267 e. The zero-order valence-corrected chi connectivity index (χ0v) is 16.7. The fourth-order valence-corrected chi connectivity index (χ4v) is 2.84. The van der Waals surface area contributed by atoms with Crippen molar-refractivity contribution in [2.75, 3.05) is 0 Å². The van der Waals surface area contributed by atoms with E-state index in [2.05, 4.69) is 10.5 Å². The van der Waals surface area contributed by atoms with Gasteiger partial charge in [0.25, 0.3) is 5.91 Å². The van der Waals surface area contributed by atoms with Gasteiger partial charge in [0.1, 0.15) is 11.6 Å². The fraction of sp³-hybridized carbons (Fsp3) is 0. The van der Waals surface area contributed by atoms with Gasteiger partial charge in [-0.1, -0.05) is 83.9 Å². The van der Waals surface area contributed by atoms with Crippen LogP contribution in [0.1, 0.15) is 11.1 Å². The lowest BCUT2D eigenvalue weighted by Gasteiger charge is -2.03. The van der Waals surface area contributed by atoms with Crippen molar-refractivity contribution < 1.29 is 4.79 Å². The Bertz CT molecular complexity index is 1120. The number of nitriles is 1. The van der Waals surface area contributed by atoms with Crippen LogP contribution in [-0.4, -0.2) is 12.1 Å². The normalized spacial score (nSPS) is 11.3. The number of nitrogens with one attached hydrogen (secondary N) is 1. The molecular weight excluding hydrogens is 405 g/mol. The van der Waals surface area contributed by atoms with Crippen LogP contribution >= 0.6 is 23.2 Å². The minimum absolute atomic E-state index is 0.0521. The van der Waals surface area contributed by atoms with Crippen LogP contribution in [0.25, 0.3) is 17.2 Å². The zero-order chi connectivity index (χ0) is 20.6. The van der Waals surface area contributed by atoms with E-state index in [0.717, 1.165) is 16.7 Å². The SMILES string of the molecule is N#C/C(=C\c1ccc(-c2ccccc2)cc1)C(=O)N/N=C\c1ccc(Cl)c(Cl)c1. The van der Waals surface area contributed by atoms with Crippen molar-refractivity contribution in [2.45, 2.75) is 0 Å². The first-order valence-electron chi connectivity index (χ1n) is 8.62. The number of hydrazone groups is 1. The van der Waals surface area contributed by atoms with Gasteiger partial charge in [-0.15, -0.1) is 0 Å². The molecule has 0 unspecified atom stereocenters. The number of amides is 1. The van der Waals surface area contributed by atoms with Gasteiger partial charge in [-0.3, -0.25) is 4.79 Å². The summed E-state index contributed by atoms with van der Waals surface area (Å²) in [6, 6.07) is 24.4. The van der Waals surface area contributed by atoms with E-state index in [1.807, 2.05) is 60.7 Å². The minimum atomic E-state index is -0.601. The number of nitrogens with zero attached hydrogens (tertiary/aromatic N) is 2. The van der Waals surface area contributed by atoms with Crippen molar-refractivity contribution in [3.05, 3.63) is 99.5 Å². The van der Waals surface area contributed by atoms with E-state index in [4.69, 9.17) is 23.2 Å². The van der Waals surface area contributed by atoms with E-state index in [-0.39, 0.29) is 5.57 Å². The molecule has 0 radical (unpaired) electrons. The molecule has 0 saturated heterocycles. The van der Waals surface area contributed by atoms with Crippen molar-refractivity contribution in [2.24, 2.45) is 5.10 Å². The van der Waals surface area contributed by atoms with Gasteiger partial charge in [0.05, 0.1) is 16.3 Å². The summed E-state index contributed by atoms with van der Waals surface area (Å²) in [7, 11) is 0. The molecule has 0 aliphatic carbocycles. The summed E-state index contributed by atoms with van der Waals surface area (Å²) in [5.41, 5.74) is 5.84. The Labute approximate surface area is 178 Å². The molecule has 0 aliphatic heterocycles. The van der Waals surface area contributed by atoms with Crippen molar-refractivity contribution in [3.63, 3.8) is 0 Å². The molecule has 0 heterocycles. The lowest BCUT2D eigenvalue weighted by molar-refractivity contribution is -0.117. The third-order valence-electron chi connectivity index (χ3n) is 4.02. The van der Waals surface area contributed by atoms with Crippen molar-refractivity contribution >= 4 is 41.4 Å². The van der Waals surface area contributed by atoms with Gasteiger partial charge >= 0.3 is 0 Å². The highest BCUT2D eigenvalue weighted by molar-refractivity contribution is 6.42. The maximum atomic E-state index is 12.2. The van der Waals surface area contributed by atoms with Crippen LogP contribution in [0.3, 0.4) is 0 Å². The van der Waals surface area contributed by atoms with Crippen molar-refractivity contribution in [1.29, 1.82) is 5.26 Å². The zero-order valence-electron chi connectivity index (χ0n) is 15.1. The second kappa shape index (κ2) is 9.70. The third-order valence-corrected chi connectivity index (χ3v) is 4.76. The summed E-state index contributed by atoms with van der Waals surface area (Å²) < 4.78 is 0. The molecule has 1 N–H and O–H groups in total. The van der Waals surface area contributed by atoms with Crippen LogP contribution in [0.2, 0.25) is 10.0 Å². The monoisotopic (exact) mass is 419 g/mol. The average Bonchev–Trinajstić information content (AvgIpc) is 2.75. The molecule has 0 bridgehead atoms. The molecule has 3 aromatic carbocycles. The van der Waals surface area contributed by atoms with Crippen molar-refractivity contribution in [1.82, 2.24) is 5.43 Å². The number of rotatable bonds is 5. The van der Waals surface area contributed by atoms with E-state index in [0.29, 0.717) is 15.6 Å². The van der Waals surface area contributed by atoms with Crippen LogP contribution in [0.5, 0.6) is 0 Å². The number of benzene rings is 3. The van der Waals surface area contributed by atoms with Crippen molar-refractivity contribution in [3.8, 4) is 17.2 Å². The van der Waals surface area contributed by atoms with Gasteiger partial charge < -0.3 is 0 Å². The van der Waals surface area contributed by atoms with Gasteiger partial charge in [0, 0.05) is 0 Å². The van der Waals surface area contributed by atoms with Gasteiger partial charge in [0.15, 0.2) is 0 Å². The summed E-state index contributed by atoms with van der Waals surface area (Å²) in [5, 5.41) is 14.0. The Morgan fingerprint density at radius 1 is 0.897 bits per heavy atom. The van der Waals surface area contributed by atoms with Gasteiger partial charge in [0.2, 0.25) is 0 Å². The smallest absolute Gasteiger partial charge is 0.267 e. The molecule has 3 rings (SSSR count). The molecule has 0 saturated carbocycles. The number of hydrogen-bond donors (Lipinski definition) is 1. The molecule has 0 fully saturated rings. The predicted molar refractivity (Wildman–Crippen MR) is 118 cm³/mol. The molecule has 4 nitrogen and oxygen atoms in total. The molecule has 0 spiro atoms. The first kappa shape index (κ1) is 20.3. The molecule has 6 heteroatoms. The number of carbonyl (C=O) groups is 1. The molecular formula is C23H15Cl2N3O. The van der Waals surface area contributed by atoms with Crippen LogP contribution in [-0.2, 0) is 4.79 Å². The summed E-state index contributed by atoms with van der Waals surface area (Å²) in [5.74, 6) is -0.601. The van der Waals surface area contributed by atoms with Crippen LogP contribution in [0.15, 0.2) is 83.5 Å². The van der Waals surface area contributed by atoms with Gasteiger partial charge in [-0.05, 0) is 40.5 Å². The summed E-state index contributed by atoms with van der Waals surface area (Å²) in [4.78, 5) is 12.2. The van der Waals surface area contributed by atoms with E-state index in [1.54, 1.807) is 18.2 Å². The fourth-order valence-electron chi connectivity index (χ4n) is 2.54. The van der Waals surface area contributed by atoms with Gasteiger partial charge in [-0.25, -0.2) is 5.43 Å². The second-order valence-electron chi connectivity index (χ2n) is 6.03. The molecule has 1 amide bonds. The first-order chi connectivity index (χ1) is 14.1. The van der Waals surface area contributed by atoms with Gasteiger partial charge in [-0.2, -0.15) is 10.4 Å². The summed E-state index contributed by atoms with van der Waals surface area (Å²) in [6.45, 7) is 0. The molecule has 142 valence electrons. The Morgan fingerprint density at radius 3 is 2.21 bits per heavy atom. The highest BCUT2D eigenvalue weighted by Gasteiger charge is 2.08. The number of carbonyl (C=O) groups excluding carboxylic acids is 1. The van der Waals surface area contributed by atoms with E-state index < -0.39 is 5.91 Å². The Kier molecular flexibility index (Phi) is 6.80. The van der Waals surface area contributed by atoms with E-state index >= 15 is 0 Å². The van der Waals surface area contributed by atoms with Crippen LogP contribution in [0, 0.1) is 11.3 Å². The second-order valence-corrected chi connectivity index (χ2v) is 6.84. The molecule has 0 aromatic heterocycles. The lowest BCUT2D eigenvalue weighted by Crippen LogP contribution is -2.19. The van der Waals surface area contributed by atoms with Crippen LogP contribution in [0.4, 0.5) is 0 Å².